The van der Waals surface area contributed by atoms with E-state index in [2.05, 4.69) is 0 Å². The molecule has 0 saturated carbocycles. The standard InChI is InChI=1S/C10H10O3.Rb.H/c1-7(10(12)13)6-8-2-4-9(11)5-3-8;;/h2-6,11H,1H3,(H,12,13);;/q;+1;-1. The van der Waals surface area contributed by atoms with Gasteiger partial charge < -0.3 is 11.6 Å². The minimum Gasteiger partial charge on any atom is -1.00 e. The molecule has 0 aliphatic rings. The van der Waals surface area contributed by atoms with Gasteiger partial charge in [0.05, 0.1) is 0 Å². The van der Waals surface area contributed by atoms with E-state index < -0.39 is 5.97 Å². The zero-order valence-corrected chi connectivity index (χ0v) is 13.1. The Hall–Kier alpha value is 0.0352. The van der Waals surface area contributed by atoms with Crippen LogP contribution in [0.5, 0.6) is 5.75 Å². The van der Waals surface area contributed by atoms with Crippen molar-refractivity contribution in [3.05, 3.63) is 35.4 Å². The Bertz CT molecular complexity index is 346. The second-order valence-electron chi connectivity index (χ2n) is 2.72. The molecule has 70 valence electrons. The summed E-state index contributed by atoms with van der Waals surface area (Å²) >= 11 is 0. The molecule has 0 aliphatic heterocycles. The summed E-state index contributed by atoms with van der Waals surface area (Å²) < 4.78 is 0. The van der Waals surface area contributed by atoms with Crippen molar-refractivity contribution in [2.75, 3.05) is 0 Å². The van der Waals surface area contributed by atoms with Gasteiger partial charge in [-0.05, 0) is 30.7 Å². The molecule has 3 nitrogen and oxygen atoms in total. The van der Waals surface area contributed by atoms with E-state index in [1.54, 1.807) is 18.2 Å². The van der Waals surface area contributed by atoms with Gasteiger partial charge in [0.25, 0.3) is 0 Å². The fourth-order valence-electron chi connectivity index (χ4n) is 0.882. The first kappa shape index (κ1) is 14.0. The number of carboxylic acid groups (broad SMARTS) is 1. The number of rotatable bonds is 2. The Labute approximate surface area is 133 Å². The molecule has 0 unspecified atom stereocenters. The molecule has 1 aromatic carbocycles. The fourth-order valence-corrected chi connectivity index (χ4v) is 0.882. The van der Waals surface area contributed by atoms with Crippen LogP contribution in [-0.4, -0.2) is 16.2 Å². The van der Waals surface area contributed by atoms with Gasteiger partial charge in [0.2, 0.25) is 0 Å². The summed E-state index contributed by atoms with van der Waals surface area (Å²) in [6.45, 7) is 1.52. The van der Waals surface area contributed by atoms with Crippen molar-refractivity contribution < 1.29 is 74.6 Å². The average Bonchev–Trinajstić information content (AvgIpc) is 2.08. The van der Waals surface area contributed by atoms with E-state index in [9.17, 15) is 4.79 Å². The van der Waals surface area contributed by atoms with Crippen molar-refractivity contribution in [3.63, 3.8) is 0 Å². The Balaban J connectivity index is 0. The molecule has 0 aromatic heterocycles. The third kappa shape index (κ3) is 4.51. The zero-order chi connectivity index (χ0) is 9.84. The summed E-state index contributed by atoms with van der Waals surface area (Å²) in [4.78, 5) is 10.5. The molecule has 0 saturated heterocycles. The normalized spacial score (nSPS) is 10.5. The number of carbonyl (C=O) groups is 1. The maximum atomic E-state index is 10.5. The molecule has 14 heavy (non-hydrogen) atoms. The van der Waals surface area contributed by atoms with Crippen molar-refractivity contribution in [1.29, 1.82) is 0 Å². The number of hydrogen-bond donors (Lipinski definition) is 2. The molecule has 4 heteroatoms. The molecule has 2 N–H and O–H groups in total. The number of aromatic hydroxyl groups is 1. The minimum absolute atomic E-state index is 0. The van der Waals surface area contributed by atoms with Gasteiger partial charge in [0.15, 0.2) is 0 Å². The predicted octanol–water partition coefficient (Wildman–Crippen LogP) is -1.00. The van der Waals surface area contributed by atoms with Gasteiger partial charge in [-0.25, -0.2) is 4.79 Å². The van der Waals surface area contributed by atoms with E-state index >= 15 is 0 Å². The van der Waals surface area contributed by atoms with Gasteiger partial charge >= 0.3 is 64.2 Å². The number of phenols is 1. The third-order valence-electron chi connectivity index (χ3n) is 1.61. The van der Waals surface area contributed by atoms with E-state index in [0.717, 1.165) is 5.56 Å². The van der Waals surface area contributed by atoms with Crippen LogP contribution in [0.15, 0.2) is 29.8 Å². The smallest absolute Gasteiger partial charge is 1.00 e. The summed E-state index contributed by atoms with van der Waals surface area (Å²) in [6.07, 6.45) is 1.54. The van der Waals surface area contributed by atoms with Crippen LogP contribution in [0.3, 0.4) is 0 Å². The van der Waals surface area contributed by atoms with Crippen molar-refractivity contribution in [3.8, 4) is 5.75 Å². The van der Waals surface area contributed by atoms with Gasteiger partial charge in [-0.2, -0.15) is 0 Å². The molecular weight excluding hydrogens is 254 g/mol. The molecule has 0 aliphatic carbocycles. The quantitative estimate of drug-likeness (QED) is 0.674. The van der Waals surface area contributed by atoms with Crippen LogP contribution in [0.4, 0.5) is 0 Å². The third-order valence-corrected chi connectivity index (χ3v) is 1.61. The van der Waals surface area contributed by atoms with Gasteiger partial charge in [-0.3, -0.25) is 0 Å². The SMILES string of the molecule is CC(=Cc1ccc(O)cc1)C(=O)O.[H-].[Rb+]. The summed E-state index contributed by atoms with van der Waals surface area (Å²) in [6, 6.07) is 6.34. The molecule has 0 amide bonds. The first-order chi connectivity index (χ1) is 6.09. The summed E-state index contributed by atoms with van der Waals surface area (Å²) in [5, 5.41) is 17.5. The maximum absolute atomic E-state index is 10.5. The molecule has 0 atom stereocenters. The first-order valence-electron chi connectivity index (χ1n) is 3.80. The van der Waals surface area contributed by atoms with Gasteiger partial charge in [0.1, 0.15) is 5.75 Å². The number of benzene rings is 1. The van der Waals surface area contributed by atoms with Crippen molar-refractivity contribution >= 4 is 12.0 Å². The monoisotopic (exact) mass is 264 g/mol. The van der Waals surface area contributed by atoms with Crippen LogP contribution in [0.2, 0.25) is 0 Å². The topological polar surface area (TPSA) is 57.5 Å². The number of aliphatic carboxylic acids is 1. The van der Waals surface area contributed by atoms with Gasteiger partial charge in [-0.1, -0.05) is 12.1 Å². The second kappa shape index (κ2) is 6.51. The van der Waals surface area contributed by atoms with Crippen LogP contribution in [0.25, 0.3) is 6.08 Å². The second-order valence-corrected chi connectivity index (χ2v) is 2.72. The van der Waals surface area contributed by atoms with Crippen LogP contribution in [-0.2, 0) is 4.79 Å². The van der Waals surface area contributed by atoms with Crippen molar-refractivity contribution in [1.82, 2.24) is 0 Å². The number of hydrogen-bond acceptors (Lipinski definition) is 2. The van der Waals surface area contributed by atoms with Crippen LogP contribution in [0.1, 0.15) is 13.9 Å². The van der Waals surface area contributed by atoms with Crippen LogP contribution in [0, 0.1) is 0 Å². The molecule has 0 spiro atoms. The Kier molecular flexibility index (Phi) is 6.52. The van der Waals surface area contributed by atoms with E-state index in [1.807, 2.05) is 0 Å². The van der Waals surface area contributed by atoms with E-state index in [4.69, 9.17) is 10.2 Å². The molecule has 0 bridgehead atoms. The largest absolute Gasteiger partial charge is 1.00 e. The molecular formula is C10H11O3Rb. The summed E-state index contributed by atoms with van der Waals surface area (Å²) in [5.41, 5.74) is 1.03. The van der Waals surface area contributed by atoms with E-state index in [-0.39, 0.29) is 70.9 Å². The number of phenolic OH excluding ortho intramolecular Hbond substituents is 1. The molecule has 0 radical (unpaired) electrons. The van der Waals surface area contributed by atoms with Crippen LogP contribution < -0.4 is 58.2 Å². The Morgan fingerprint density at radius 2 is 1.86 bits per heavy atom. The Morgan fingerprint density at radius 3 is 2.29 bits per heavy atom. The molecule has 0 fully saturated rings. The first-order valence-corrected chi connectivity index (χ1v) is 3.80. The minimum atomic E-state index is -0.937. The van der Waals surface area contributed by atoms with Crippen LogP contribution >= 0.6 is 0 Å². The van der Waals surface area contributed by atoms with E-state index in [0.29, 0.717) is 0 Å². The summed E-state index contributed by atoms with van der Waals surface area (Å²) in [5.74, 6) is -0.766. The average molecular weight is 265 g/mol. The zero-order valence-electron chi connectivity index (χ0n) is 9.19. The fraction of sp³-hybridized carbons (Fsp3) is 0.100. The van der Waals surface area contributed by atoms with E-state index in [1.165, 1.54) is 19.1 Å². The van der Waals surface area contributed by atoms with Gasteiger partial charge in [0, 0.05) is 5.57 Å². The molecule has 1 rings (SSSR count). The van der Waals surface area contributed by atoms with Gasteiger partial charge in [-0.15, -0.1) is 0 Å². The maximum Gasteiger partial charge on any atom is 1.00 e. The van der Waals surface area contributed by atoms with Crippen molar-refractivity contribution in [2.45, 2.75) is 6.92 Å². The Morgan fingerprint density at radius 1 is 1.36 bits per heavy atom. The predicted molar refractivity (Wildman–Crippen MR) is 50.5 cm³/mol. The molecule has 0 heterocycles. The van der Waals surface area contributed by atoms with Crippen molar-refractivity contribution in [2.24, 2.45) is 0 Å². The molecule has 1 aromatic rings. The number of carboxylic acids is 1. The summed E-state index contributed by atoms with van der Waals surface area (Å²) in [7, 11) is 0.